The smallest absolute Gasteiger partial charge is 0.320 e. The number of aliphatic hydroxyl groups is 1. The van der Waals surface area contributed by atoms with Crippen molar-refractivity contribution in [1.29, 1.82) is 0 Å². The fourth-order valence-corrected chi connectivity index (χ4v) is 1.50. The average Bonchev–Trinajstić information content (AvgIpc) is 2.28. The highest BCUT2D eigenvalue weighted by Gasteiger charge is 2.20. The van der Waals surface area contributed by atoms with Crippen LogP contribution in [0.4, 0.5) is 0 Å². The van der Waals surface area contributed by atoms with Crippen LogP contribution in [0.25, 0.3) is 0 Å². The highest BCUT2D eigenvalue weighted by Crippen LogP contribution is 2.16. The molecule has 0 saturated carbocycles. The molecule has 0 spiro atoms. The molecule has 0 heterocycles. The molecular weight excluding hydrogens is 206 g/mol. The quantitative estimate of drug-likeness (QED) is 0.701. The van der Waals surface area contributed by atoms with Gasteiger partial charge in [-0.1, -0.05) is 30.3 Å². The molecule has 1 aromatic carbocycles. The van der Waals surface area contributed by atoms with Gasteiger partial charge >= 0.3 is 5.97 Å². The molecule has 0 amide bonds. The summed E-state index contributed by atoms with van der Waals surface area (Å²) in [7, 11) is 0. The number of carboxylic acids is 1. The first-order chi connectivity index (χ1) is 7.52. The molecule has 3 N–H and O–H groups in total. The Labute approximate surface area is 94.9 Å². The maximum atomic E-state index is 10.6. The molecule has 0 aliphatic carbocycles. The third-order valence-electron chi connectivity index (χ3n) is 2.50. The number of carbonyl (C=O) groups is 1. The van der Waals surface area contributed by atoms with E-state index >= 15 is 0 Å². The van der Waals surface area contributed by atoms with Crippen LogP contribution in [-0.4, -0.2) is 28.3 Å². The highest BCUT2D eigenvalue weighted by molar-refractivity contribution is 5.72. The second kappa shape index (κ2) is 5.63. The summed E-state index contributed by atoms with van der Waals surface area (Å²) >= 11 is 0. The highest BCUT2D eigenvalue weighted by atomic mass is 16.4. The van der Waals surface area contributed by atoms with Crippen molar-refractivity contribution in [3.63, 3.8) is 0 Å². The predicted molar refractivity (Wildman–Crippen MR) is 61.1 cm³/mol. The van der Waals surface area contributed by atoms with Crippen LogP contribution in [0, 0.1) is 0 Å². The standard InChI is InChI=1S/C12H17NO3/c1-8(13-9(2)12(15)16)11(14)10-6-4-3-5-7-10/h3-9,11,13-14H,1-2H3,(H,15,16). The molecular formula is C12H17NO3. The van der Waals surface area contributed by atoms with Crippen molar-refractivity contribution < 1.29 is 15.0 Å². The zero-order valence-corrected chi connectivity index (χ0v) is 9.42. The molecule has 0 saturated heterocycles. The summed E-state index contributed by atoms with van der Waals surface area (Å²) < 4.78 is 0. The van der Waals surface area contributed by atoms with Gasteiger partial charge in [0.1, 0.15) is 6.04 Å². The topological polar surface area (TPSA) is 69.6 Å². The zero-order valence-electron chi connectivity index (χ0n) is 9.42. The van der Waals surface area contributed by atoms with E-state index in [0.717, 1.165) is 5.56 Å². The van der Waals surface area contributed by atoms with Gasteiger partial charge in [0.25, 0.3) is 0 Å². The Hall–Kier alpha value is -1.39. The van der Waals surface area contributed by atoms with E-state index in [1.54, 1.807) is 13.8 Å². The lowest BCUT2D eigenvalue weighted by Gasteiger charge is -2.22. The molecule has 1 rings (SSSR count). The van der Waals surface area contributed by atoms with Crippen LogP contribution in [0.3, 0.4) is 0 Å². The third kappa shape index (κ3) is 3.32. The van der Waals surface area contributed by atoms with Crippen LogP contribution in [0.1, 0.15) is 25.5 Å². The predicted octanol–water partition coefficient (Wildman–Crippen LogP) is 1.17. The maximum Gasteiger partial charge on any atom is 0.320 e. The van der Waals surface area contributed by atoms with E-state index in [2.05, 4.69) is 5.32 Å². The van der Waals surface area contributed by atoms with E-state index in [4.69, 9.17) is 5.11 Å². The van der Waals surface area contributed by atoms with E-state index in [9.17, 15) is 9.90 Å². The fourth-order valence-electron chi connectivity index (χ4n) is 1.50. The number of hydrogen-bond acceptors (Lipinski definition) is 3. The molecule has 0 aromatic heterocycles. The Morgan fingerprint density at radius 3 is 2.31 bits per heavy atom. The van der Waals surface area contributed by atoms with Gasteiger partial charge in [-0.05, 0) is 19.4 Å². The Morgan fingerprint density at radius 1 is 1.25 bits per heavy atom. The van der Waals surface area contributed by atoms with Crippen LogP contribution in [-0.2, 0) is 4.79 Å². The van der Waals surface area contributed by atoms with Crippen LogP contribution < -0.4 is 5.32 Å². The van der Waals surface area contributed by atoms with E-state index < -0.39 is 18.1 Å². The largest absolute Gasteiger partial charge is 0.480 e. The van der Waals surface area contributed by atoms with E-state index in [1.807, 2.05) is 30.3 Å². The van der Waals surface area contributed by atoms with Crippen LogP contribution in [0.5, 0.6) is 0 Å². The van der Waals surface area contributed by atoms with Gasteiger partial charge in [-0.2, -0.15) is 0 Å². The molecule has 16 heavy (non-hydrogen) atoms. The van der Waals surface area contributed by atoms with Crippen molar-refractivity contribution in [3.05, 3.63) is 35.9 Å². The van der Waals surface area contributed by atoms with Gasteiger partial charge in [0.05, 0.1) is 6.10 Å². The number of aliphatic hydroxyl groups excluding tert-OH is 1. The molecule has 0 bridgehead atoms. The third-order valence-corrected chi connectivity index (χ3v) is 2.50. The summed E-state index contributed by atoms with van der Waals surface area (Å²) in [6.07, 6.45) is -0.706. The molecule has 4 nitrogen and oxygen atoms in total. The SMILES string of the molecule is CC(NC(C)C(O)c1ccccc1)C(=O)O. The van der Waals surface area contributed by atoms with Crippen molar-refractivity contribution in [2.24, 2.45) is 0 Å². The second-order valence-corrected chi connectivity index (χ2v) is 3.87. The van der Waals surface area contributed by atoms with Gasteiger partial charge in [-0.3, -0.25) is 10.1 Å². The number of benzene rings is 1. The normalized spacial score (nSPS) is 16.4. The number of aliphatic carboxylic acids is 1. The minimum absolute atomic E-state index is 0.312. The Kier molecular flexibility index (Phi) is 4.46. The van der Waals surface area contributed by atoms with Gasteiger partial charge in [0.2, 0.25) is 0 Å². The van der Waals surface area contributed by atoms with E-state index in [1.165, 1.54) is 0 Å². The molecule has 4 heteroatoms. The average molecular weight is 223 g/mol. The lowest BCUT2D eigenvalue weighted by atomic mass is 10.0. The van der Waals surface area contributed by atoms with E-state index in [0.29, 0.717) is 0 Å². The van der Waals surface area contributed by atoms with Gasteiger partial charge < -0.3 is 10.2 Å². The van der Waals surface area contributed by atoms with Gasteiger partial charge in [0.15, 0.2) is 0 Å². The minimum Gasteiger partial charge on any atom is -0.480 e. The van der Waals surface area contributed by atoms with Crippen molar-refractivity contribution in [2.75, 3.05) is 0 Å². The number of hydrogen-bond donors (Lipinski definition) is 3. The van der Waals surface area contributed by atoms with Crippen molar-refractivity contribution in [2.45, 2.75) is 32.0 Å². The van der Waals surface area contributed by atoms with Gasteiger partial charge in [0, 0.05) is 6.04 Å². The Morgan fingerprint density at radius 2 is 1.81 bits per heavy atom. The lowest BCUT2D eigenvalue weighted by Crippen LogP contribution is -2.42. The monoisotopic (exact) mass is 223 g/mol. The van der Waals surface area contributed by atoms with Crippen LogP contribution >= 0.6 is 0 Å². The lowest BCUT2D eigenvalue weighted by molar-refractivity contribution is -0.139. The molecule has 88 valence electrons. The van der Waals surface area contributed by atoms with Crippen LogP contribution in [0.15, 0.2) is 30.3 Å². The van der Waals surface area contributed by atoms with Crippen molar-refractivity contribution in [1.82, 2.24) is 5.32 Å². The van der Waals surface area contributed by atoms with E-state index in [-0.39, 0.29) is 6.04 Å². The Bertz CT molecular complexity index is 339. The summed E-state index contributed by atoms with van der Waals surface area (Å²) in [6.45, 7) is 3.31. The molecule has 3 atom stereocenters. The molecule has 3 unspecified atom stereocenters. The zero-order chi connectivity index (χ0) is 12.1. The first kappa shape index (κ1) is 12.7. The number of carboxylic acid groups (broad SMARTS) is 1. The molecule has 1 aromatic rings. The first-order valence-electron chi connectivity index (χ1n) is 5.24. The summed E-state index contributed by atoms with van der Waals surface area (Å²) in [4.78, 5) is 10.6. The molecule has 0 aliphatic heterocycles. The molecule has 0 aliphatic rings. The molecule has 0 radical (unpaired) electrons. The summed E-state index contributed by atoms with van der Waals surface area (Å²) in [5.41, 5.74) is 0.778. The summed E-state index contributed by atoms with van der Waals surface area (Å²) in [5, 5.41) is 21.5. The molecule has 0 fully saturated rings. The van der Waals surface area contributed by atoms with Gasteiger partial charge in [-0.25, -0.2) is 0 Å². The fraction of sp³-hybridized carbons (Fsp3) is 0.417. The van der Waals surface area contributed by atoms with Crippen LogP contribution in [0.2, 0.25) is 0 Å². The maximum absolute atomic E-state index is 10.6. The second-order valence-electron chi connectivity index (χ2n) is 3.87. The van der Waals surface area contributed by atoms with Crippen molar-refractivity contribution >= 4 is 5.97 Å². The Balaban J connectivity index is 2.61. The van der Waals surface area contributed by atoms with Gasteiger partial charge in [-0.15, -0.1) is 0 Å². The first-order valence-corrected chi connectivity index (χ1v) is 5.24. The minimum atomic E-state index is -0.924. The van der Waals surface area contributed by atoms with Crippen molar-refractivity contribution in [3.8, 4) is 0 Å². The summed E-state index contributed by atoms with van der Waals surface area (Å²) in [5.74, 6) is -0.924. The number of nitrogens with one attached hydrogen (secondary N) is 1. The summed E-state index contributed by atoms with van der Waals surface area (Å²) in [6, 6.07) is 8.19. The number of rotatable bonds is 5.